The Labute approximate surface area is 99.9 Å². The van der Waals surface area contributed by atoms with Crippen LogP contribution in [-0.4, -0.2) is 26.7 Å². The van der Waals surface area contributed by atoms with Gasteiger partial charge in [0.25, 0.3) is 0 Å². The van der Waals surface area contributed by atoms with E-state index in [-0.39, 0.29) is 18.0 Å². The maximum Gasteiger partial charge on any atom is 0.241 e. The third-order valence-electron chi connectivity index (χ3n) is 2.44. The highest BCUT2D eigenvalue weighted by Crippen LogP contribution is 2.22. The third-order valence-corrected chi connectivity index (χ3v) is 3.96. The number of aliphatic hydroxyl groups is 1. The maximum atomic E-state index is 12.0. The van der Waals surface area contributed by atoms with E-state index in [9.17, 15) is 8.42 Å². The van der Waals surface area contributed by atoms with Crippen molar-refractivity contribution in [2.75, 3.05) is 13.2 Å². The smallest absolute Gasteiger partial charge is 0.241 e. The monoisotopic (exact) mass is 251 g/mol. The molecule has 2 aromatic carbocycles. The first-order valence-corrected chi connectivity index (χ1v) is 6.72. The van der Waals surface area contributed by atoms with E-state index in [1.807, 2.05) is 18.2 Å². The van der Waals surface area contributed by atoms with Gasteiger partial charge in [-0.1, -0.05) is 36.4 Å². The molecule has 0 atom stereocenters. The first-order valence-electron chi connectivity index (χ1n) is 5.23. The lowest BCUT2D eigenvalue weighted by atomic mass is 10.1. The van der Waals surface area contributed by atoms with Gasteiger partial charge in [0.2, 0.25) is 10.0 Å². The summed E-state index contributed by atoms with van der Waals surface area (Å²) in [5, 5.41) is 10.2. The Balaban J connectivity index is 2.55. The minimum absolute atomic E-state index is 0.0194. The van der Waals surface area contributed by atoms with Crippen LogP contribution in [-0.2, 0) is 10.0 Å². The van der Waals surface area contributed by atoms with Gasteiger partial charge in [-0.05, 0) is 11.5 Å². The lowest BCUT2D eigenvalue weighted by Gasteiger charge is -2.08. The largest absolute Gasteiger partial charge is 0.395 e. The first-order chi connectivity index (χ1) is 8.15. The lowest BCUT2D eigenvalue weighted by molar-refractivity contribution is 0.301. The fourth-order valence-corrected chi connectivity index (χ4v) is 2.94. The van der Waals surface area contributed by atoms with Gasteiger partial charge in [0.05, 0.1) is 11.5 Å². The minimum atomic E-state index is -3.56. The van der Waals surface area contributed by atoms with E-state index in [1.54, 1.807) is 24.3 Å². The summed E-state index contributed by atoms with van der Waals surface area (Å²) in [7, 11) is -3.56. The summed E-state index contributed by atoms with van der Waals surface area (Å²) in [6.07, 6.45) is 0. The number of hydrogen-bond donors (Lipinski definition) is 2. The normalized spacial score (nSPS) is 11.8. The van der Waals surface area contributed by atoms with Crippen LogP contribution in [0.2, 0.25) is 0 Å². The van der Waals surface area contributed by atoms with E-state index < -0.39 is 10.0 Å². The molecule has 0 amide bonds. The van der Waals surface area contributed by atoms with E-state index in [0.29, 0.717) is 5.39 Å². The Morgan fingerprint density at radius 2 is 1.76 bits per heavy atom. The maximum absolute atomic E-state index is 12.0. The highest BCUT2D eigenvalue weighted by molar-refractivity contribution is 7.89. The molecule has 2 N–H and O–H groups in total. The van der Waals surface area contributed by atoms with E-state index >= 15 is 0 Å². The number of benzene rings is 2. The molecular weight excluding hydrogens is 238 g/mol. The molecule has 0 aliphatic carbocycles. The molecule has 4 nitrogen and oxygen atoms in total. The van der Waals surface area contributed by atoms with Crippen molar-refractivity contribution in [3.05, 3.63) is 42.5 Å². The van der Waals surface area contributed by atoms with Gasteiger partial charge >= 0.3 is 0 Å². The molecule has 2 rings (SSSR count). The zero-order valence-electron chi connectivity index (χ0n) is 9.13. The summed E-state index contributed by atoms with van der Waals surface area (Å²) in [4.78, 5) is 0.240. The van der Waals surface area contributed by atoms with E-state index in [1.165, 1.54) is 0 Å². The predicted molar refractivity (Wildman–Crippen MR) is 66.2 cm³/mol. The summed E-state index contributed by atoms with van der Waals surface area (Å²) in [6, 6.07) is 12.4. The molecule has 0 fully saturated rings. The van der Waals surface area contributed by atoms with Crippen molar-refractivity contribution in [1.82, 2.24) is 4.72 Å². The van der Waals surface area contributed by atoms with Crippen molar-refractivity contribution in [2.45, 2.75) is 4.90 Å². The van der Waals surface area contributed by atoms with Crippen molar-refractivity contribution < 1.29 is 13.5 Å². The van der Waals surface area contributed by atoms with Gasteiger partial charge in [0.15, 0.2) is 0 Å². The van der Waals surface area contributed by atoms with Crippen molar-refractivity contribution in [2.24, 2.45) is 0 Å². The van der Waals surface area contributed by atoms with E-state index in [4.69, 9.17) is 5.11 Å². The second-order valence-electron chi connectivity index (χ2n) is 3.60. The second kappa shape index (κ2) is 4.83. The van der Waals surface area contributed by atoms with E-state index in [0.717, 1.165) is 5.39 Å². The van der Waals surface area contributed by atoms with Crippen LogP contribution in [0.4, 0.5) is 0 Å². The molecule has 0 saturated carbocycles. The van der Waals surface area contributed by atoms with Crippen LogP contribution in [0.15, 0.2) is 47.4 Å². The Morgan fingerprint density at radius 3 is 2.53 bits per heavy atom. The fraction of sp³-hybridized carbons (Fsp3) is 0.167. The van der Waals surface area contributed by atoms with Gasteiger partial charge in [-0.2, -0.15) is 0 Å². The number of rotatable bonds is 4. The van der Waals surface area contributed by atoms with E-state index in [2.05, 4.69) is 4.72 Å². The van der Waals surface area contributed by atoms with Gasteiger partial charge in [-0.3, -0.25) is 0 Å². The summed E-state index contributed by atoms with van der Waals surface area (Å²) in [6.45, 7) is -0.199. The molecule has 90 valence electrons. The molecule has 0 bridgehead atoms. The van der Waals surface area contributed by atoms with Crippen molar-refractivity contribution in [3.63, 3.8) is 0 Å². The molecule has 0 radical (unpaired) electrons. The molecular formula is C12H13NO3S. The number of fused-ring (bicyclic) bond motifs is 1. The SMILES string of the molecule is O=S(=O)(NCCO)c1cccc2ccccc12. The lowest BCUT2D eigenvalue weighted by Crippen LogP contribution is -2.26. The van der Waals surface area contributed by atoms with Crippen LogP contribution in [0.1, 0.15) is 0 Å². The van der Waals surface area contributed by atoms with Crippen LogP contribution < -0.4 is 4.72 Å². The average Bonchev–Trinajstić information content (AvgIpc) is 2.36. The average molecular weight is 251 g/mol. The second-order valence-corrected chi connectivity index (χ2v) is 5.33. The minimum Gasteiger partial charge on any atom is -0.395 e. The molecule has 0 aliphatic heterocycles. The predicted octanol–water partition coefficient (Wildman–Crippen LogP) is 1.11. The molecule has 0 unspecified atom stereocenters. The van der Waals surface area contributed by atoms with Crippen molar-refractivity contribution in [3.8, 4) is 0 Å². The number of nitrogens with one attached hydrogen (secondary N) is 1. The standard InChI is InChI=1S/C12H13NO3S/c14-9-8-13-17(15,16)12-7-3-5-10-4-1-2-6-11(10)12/h1-7,13-14H,8-9H2. The highest BCUT2D eigenvalue weighted by atomic mass is 32.2. The molecule has 0 aromatic heterocycles. The summed E-state index contributed by atoms with van der Waals surface area (Å²) in [5.74, 6) is 0. The first kappa shape index (κ1) is 12.0. The van der Waals surface area contributed by atoms with Gasteiger partial charge < -0.3 is 5.11 Å². The van der Waals surface area contributed by atoms with Crippen LogP contribution in [0.3, 0.4) is 0 Å². The van der Waals surface area contributed by atoms with Crippen molar-refractivity contribution >= 4 is 20.8 Å². The number of hydrogen-bond acceptors (Lipinski definition) is 3. The van der Waals surface area contributed by atoms with Gasteiger partial charge in [-0.15, -0.1) is 0 Å². The third kappa shape index (κ3) is 2.46. The van der Waals surface area contributed by atoms with Gasteiger partial charge in [0, 0.05) is 11.9 Å². The Hall–Kier alpha value is -1.43. The molecule has 2 aromatic rings. The summed E-state index contributed by atoms with van der Waals surface area (Å²) in [5.41, 5.74) is 0. The Bertz CT molecular complexity index is 617. The Kier molecular flexibility index (Phi) is 3.42. The van der Waals surface area contributed by atoms with Crippen LogP contribution in [0.25, 0.3) is 10.8 Å². The van der Waals surface area contributed by atoms with Crippen LogP contribution in [0.5, 0.6) is 0 Å². The summed E-state index contributed by atoms with van der Waals surface area (Å²) < 4.78 is 26.3. The van der Waals surface area contributed by atoms with Crippen LogP contribution >= 0.6 is 0 Å². The number of aliphatic hydroxyl groups excluding tert-OH is 1. The van der Waals surface area contributed by atoms with Crippen molar-refractivity contribution in [1.29, 1.82) is 0 Å². The molecule has 0 aliphatic rings. The van der Waals surface area contributed by atoms with Crippen LogP contribution in [0, 0.1) is 0 Å². The number of sulfonamides is 1. The Morgan fingerprint density at radius 1 is 1.06 bits per heavy atom. The molecule has 5 heteroatoms. The molecule has 0 saturated heterocycles. The zero-order chi connectivity index (χ0) is 12.3. The summed E-state index contributed by atoms with van der Waals surface area (Å²) >= 11 is 0. The molecule has 17 heavy (non-hydrogen) atoms. The fourth-order valence-electron chi connectivity index (χ4n) is 1.69. The highest BCUT2D eigenvalue weighted by Gasteiger charge is 2.15. The molecule has 0 spiro atoms. The molecule has 0 heterocycles. The zero-order valence-corrected chi connectivity index (χ0v) is 9.94. The van der Waals surface area contributed by atoms with Gasteiger partial charge in [-0.25, -0.2) is 13.1 Å². The quantitative estimate of drug-likeness (QED) is 0.855. The topological polar surface area (TPSA) is 66.4 Å². The van der Waals surface area contributed by atoms with Gasteiger partial charge in [0.1, 0.15) is 0 Å².